The molecule has 2 heterocycles. The highest BCUT2D eigenvalue weighted by Crippen LogP contribution is 2.29. The molecule has 1 amide bonds. The van der Waals surface area contributed by atoms with Crippen LogP contribution in [0, 0.1) is 13.8 Å². The first-order chi connectivity index (χ1) is 16.1. The van der Waals surface area contributed by atoms with Gasteiger partial charge in [0, 0.05) is 44.3 Å². The smallest absolute Gasteiger partial charge is 0.234 e. The Kier molecular flexibility index (Phi) is 7.34. The van der Waals surface area contributed by atoms with Crippen LogP contribution in [0.15, 0.2) is 59.9 Å². The van der Waals surface area contributed by atoms with Gasteiger partial charge >= 0.3 is 0 Å². The van der Waals surface area contributed by atoms with Crippen molar-refractivity contribution >= 4 is 34.9 Å². The Morgan fingerprint density at radius 1 is 1.00 bits per heavy atom. The first kappa shape index (κ1) is 22.9. The van der Waals surface area contributed by atoms with Crippen LogP contribution < -0.4 is 19.9 Å². The van der Waals surface area contributed by atoms with Crippen molar-refractivity contribution in [1.82, 2.24) is 9.97 Å². The fourth-order valence-corrected chi connectivity index (χ4v) is 4.73. The lowest BCUT2D eigenvalue weighted by atomic mass is 10.1. The Labute approximate surface area is 199 Å². The number of ether oxygens (including phenoxy) is 1. The molecule has 1 aromatic heterocycles. The highest BCUT2D eigenvalue weighted by molar-refractivity contribution is 8.00. The van der Waals surface area contributed by atoms with Crippen LogP contribution in [-0.4, -0.2) is 54.9 Å². The molecule has 8 heteroatoms. The van der Waals surface area contributed by atoms with E-state index in [0.717, 1.165) is 37.0 Å². The molecule has 1 fully saturated rings. The Morgan fingerprint density at radius 3 is 2.52 bits per heavy atom. The molecule has 2 aromatic carbocycles. The molecule has 0 aliphatic carbocycles. The number of hydrogen-bond acceptors (Lipinski definition) is 7. The number of hydrogen-bond donors (Lipinski definition) is 1. The van der Waals surface area contributed by atoms with E-state index < -0.39 is 0 Å². The summed E-state index contributed by atoms with van der Waals surface area (Å²) in [6, 6.07) is 13.9. The predicted molar refractivity (Wildman–Crippen MR) is 135 cm³/mol. The third kappa shape index (κ3) is 5.39. The minimum Gasteiger partial charge on any atom is -0.495 e. The van der Waals surface area contributed by atoms with E-state index in [-0.39, 0.29) is 11.7 Å². The summed E-state index contributed by atoms with van der Waals surface area (Å²) in [6.07, 6.45) is 3.39. The van der Waals surface area contributed by atoms with E-state index >= 15 is 0 Å². The molecular weight excluding hydrogens is 434 g/mol. The van der Waals surface area contributed by atoms with Gasteiger partial charge in [0.05, 0.1) is 18.6 Å². The molecule has 1 aliphatic heterocycles. The maximum absolute atomic E-state index is 12.5. The molecule has 33 heavy (non-hydrogen) atoms. The molecule has 0 radical (unpaired) electrons. The molecular formula is C25H29N5O2S. The summed E-state index contributed by atoms with van der Waals surface area (Å²) in [5.74, 6) is 1.61. The number of nitrogens with one attached hydrogen (secondary N) is 1. The summed E-state index contributed by atoms with van der Waals surface area (Å²) in [4.78, 5) is 26.3. The van der Waals surface area contributed by atoms with E-state index in [9.17, 15) is 4.79 Å². The minimum atomic E-state index is -0.110. The first-order valence-corrected chi connectivity index (χ1v) is 12.0. The summed E-state index contributed by atoms with van der Waals surface area (Å²) in [5, 5.41) is 3.68. The standard InChI is InChI=1S/C25H29N5O2S/c1-18-7-6-9-21(19(18)2)29-13-15-30(16-14-29)24-25(27-12-11-26-24)33-17-23(31)28-20-8-4-5-10-22(20)32-3/h4-12H,13-17H2,1-3H3,(H,28,31). The fourth-order valence-electron chi connectivity index (χ4n) is 3.94. The number of methoxy groups -OCH3 is 1. The zero-order valence-electron chi connectivity index (χ0n) is 19.2. The average Bonchev–Trinajstić information content (AvgIpc) is 2.85. The third-order valence-corrected chi connectivity index (χ3v) is 6.83. The second kappa shape index (κ2) is 10.6. The van der Waals surface area contributed by atoms with Gasteiger partial charge in [-0.25, -0.2) is 9.97 Å². The lowest BCUT2D eigenvalue weighted by Crippen LogP contribution is -2.47. The van der Waals surface area contributed by atoms with Crippen LogP contribution in [0.5, 0.6) is 5.75 Å². The Balaban J connectivity index is 1.38. The average molecular weight is 464 g/mol. The lowest BCUT2D eigenvalue weighted by Gasteiger charge is -2.37. The molecule has 1 saturated heterocycles. The van der Waals surface area contributed by atoms with Crippen molar-refractivity contribution < 1.29 is 9.53 Å². The van der Waals surface area contributed by atoms with Gasteiger partial charge in [-0.1, -0.05) is 36.0 Å². The zero-order chi connectivity index (χ0) is 23.2. The number of carbonyl (C=O) groups is 1. The van der Waals surface area contributed by atoms with Crippen LogP contribution >= 0.6 is 11.8 Å². The molecule has 0 unspecified atom stereocenters. The van der Waals surface area contributed by atoms with Gasteiger partial charge < -0.3 is 19.9 Å². The predicted octanol–water partition coefficient (Wildman–Crippen LogP) is 4.16. The second-order valence-corrected chi connectivity index (χ2v) is 8.88. The number of benzene rings is 2. The lowest BCUT2D eigenvalue weighted by molar-refractivity contribution is -0.113. The summed E-state index contributed by atoms with van der Waals surface area (Å²) >= 11 is 1.40. The highest BCUT2D eigenvalue weighted by atomic mass is 32.2. The maximum Gasteiger partial charge on any atom is 0.234 e. The summed E-state index contributed by atoms with van der Waals surface area (Å²) in [5.41, 5.74) is 4.61. The number of aromatic nitrogens is 2. The number of piperazine rings is 1. The summed E-state index contributed by atoms with van der Waals surface area (Å²) in [7, 11) is 1.59. The Hall–Kier alpha value is -3.26. The van der Waals surface area contributed by atoms with E-state index in [1.54, 1.807) is 19.5 Å². The zero-order valence-corrected chi connectivity index (χ0v) is 20.1. The highest BCUT2D eigenvalue weighted by Gasteiger charge is 2.22. The van der Waals surface area contributed by atoms with E-state index in [1.807, 2.05) is 24.3 Å². The van der Waals surface area contributed by atoms with Gasteiger partial charge in [-0.2, -0.15) is 0 Å². The number of amides is 1. The van der Waals surface area contributed by atoms with Gasteiger partial charge in [0.1, 0.15) is 10.8 Å². The molecule has 0 saturated carbocycles. The molecule has 172 valence electrons. The van der Waals surface area contributed by atoms with Crippen LogP contribution in [0.1, 0.15) is 11.1 Å². The van der Waals surface area contributed by atoms with Crippen molar-refractivity contribution in [3.05, 3.63) is 66.0 Å². The van der Waals surface area contributed by atoms with Crippen molar-refractivity contribution in [2.45, 2.75) is 18.9 Å². The Morgan fingerprint density at radius 2 is 1.73 bits per heavy atom. The molecule has 1 N–H and O–H groups in total. The van der Waals surface area contributed by atoms with Crippen LogP contribution in [0.3, 0.4) is 0 Å². The number of thioether (sulfide) groups is 1. The van der Waals surface area contributed by atoms with Gasteiger partial charge in [0.2, 0.25) is 5.91 Å². The molecule has 0 spiro atoms. The third-order valence-electron chi connectivity index (χ3n) is 5.86. The summed E-state index contributed by atoms with van der Waals surface area (Å²) < 4.78 is 5.31. The second-order valence-electron chi connectivity index (χ2n) is 7.92. The van der Waals surface area contributed by atoms with Crippen LogP contribution in [-0.2, 0) is 4.79 Å². The van der Waals surface area contributed by atoms with Crippen LogP contribution in [0.4, 0.5) is 17.2 Å². The van der Waals surface area contributed by atoms with E-state index in [1.165, 1.54) is 28.6 Å². The van der Waals surface area contributed by atoms with Crippen molar-refractivity contribution in [3.63, 3.8) is 0 Å². The number of aryl methyl sites for hydroxylation is 1. The number of rotatable bonds is 7. The molecule has 1 aliphatic rings. The van der Waals surface area contributed by atoms with E-state index in [2.05, 4.69) is 57.1 Å². The number of para-hydroxylation sites is 2. The minimum absolute atomic E-state index is 0.110. The van der Waals surface area contributed by atoms with Crippen molar-refractivity contribution in [2.75, 3.05) is 54.2 Å². The summed E-state index contributed by atoms with van der Waals surface area (Å²) in [6.45, 7) is 7.88. The molecule has 0 atom stereocenters. The van der Waals surface area contributed by atoms with Gasteiger partial charge in [0.25, 0.3) is 0 Å². The monoisotopic (exact) mass is 463 g/mol. The SMILES string of the molecule is COc1ccccc1NC(=O)CSc1nccnc1N1CCN(c2cccc(C)c2C)CC1. The van der Waals surface area contributed by atoms with Crippen LogP contribution in [0.2, 0.25) is 0 Å². The maximum atomic E-state index is 12.5. The molecule has 3 aromatic rings. The van der Waals surface area contributed by atoms with Gasteiger partial charge in [-0.3, -0.25) is 4.79 Å². The van der Waals surface area contributed by atoms with Crippen molar-refractivity contribution in [2.24, 2.45) is 0 Å². The number of anilines is 3. The van der Waals surface area contributed by atoms with Gasteiger partial charge in [0.15, 0.2) is 5.82 Å². The molecule has 4 rings (SSSR count). The first-order valence-electron chi connectivity index (χ1n) is 11.0. The van der Waals surface area contributed by atoms with Gasteiger partial charge in [-0.15, -0.1) is 0 Å². The molecule has 0 bridgehead atoms. The van der Waals surface area contributed by atoms with E-state index in [4.69, 9.17) is 4.74 Å². The number of carbonyl (C=O) groups excluding carboxylic acids is 1. The van der Waals surface area contributed by atoms with Crippen LogP contribution in [0.25, 0.3) is 0 Å². The van der Waals surface area contributed by atoms with E-state index in [0.29, 0.717) is 11.4 Å². The van der Waals surface area contributed by atoms with Crippen molar-refractivity contribution in [1.29, 1.82) is 0 Å². The topological polar surface area (TPSA) is 70.6 Å². The molecule has 7 nitrogen and oxygen atoms in total. The fraction of sp³-hybridized carbons (Fsp3) is 0.320. The van der Waals surface area contributed by atoms with Gasteiger partial charge in [-0.05, 0) is 43.2 Å². The Bertz CT molecular complexity index is 1120. The normalized spacial score (nSPS) is 13.7. The van der Waals surface area contributed by atoms with Crippen molar-refractivity contribution in [3.8, 4) is 5.75 Å². The largest absolute Gasteiger partial charge is 0.495 e. The quantitative estimate of drug-likeness (QED) is 0.528. The number of nitrogens with zero attached hydrogens (tertiary/aromatic N) is 4.